The summed E-state index contributed by atoms with van der Waals surface area (Å²) in [5.41, 5.74) is 1.29. The van der Waals surface area contributed by atoms with Crippen molar-refractivity contribution in [3.05, 3.63) is 40.4 Å². The number of carbonyl (C=O) groups excluding carboxylic acids is 2. The lowest BCUT2D eigenvalue weighted by Crippen LogP contribution is -2.01. The fourth-order valence-corrected chi connectivity index (χ4v) is 1.56. The topological polar surface area (TPSA) is 43.4 Å². The molecule has 0 saturated heterocycles. The van der Waals surface area contributed by atoms with Crippen LogP contribution in [0.15, 0.2) is 24.3 Å². The predicted octanol–water partition coefficient (Wildman–Crippen LogP) is 3.12. The molecule has 0 aromatic heterocycles. The number of rotatable bonds is 5. The van der Waals surface area contributed by atoms with Crippen molar-refractivity contribution in [2.24, 2.45) is 0 Å². The molecule has 0 bridgehead atoms. The standard InChI is InChI=1S/C13H13ClO3/c1-2-17-13(16)5-3-4-10-6-11(9-15)8-12(14)7-10/h3-4,6-9H,2,5H2,1H3. The molecule has 90 valence electrons. The average Bonchev–Trinajstić information content (AvgIpc) is 2.28. The van der Waals surface area contributed by atoms with E-state index in [4.69, 9.17) is 16.3 Å². The van der Waals surface area contributed by atoms with Crippen molar-refractivity contribution in [2.45, 2.75) is 13.3 Å². The lowest BCUT2D eigenvalue weighted by Gasteiger charge is -1.99. The molecule has 0 unspecified atom stereocenters. The Balaban J connectivity index is 2.67. The van der Waals surface area contributed by atoms with Crippen LogP contribution in [0.1, 0.15) is 29.3 Å². The van der Waals surface area contributed by atoms with Gasteiger partial charge in [-0.25, -0.2) is 0 Å². The number of benzene rings is 1. The lowest BCUT2D eigenvalue weighted by molar-refractivity contribution is -0.142. The Kier molecular flexibility index (Phi) is 5.43. The number of carbonyl (C=O) groups is 2. The zero-order valence-corrected chi connectivity index (χ0v) is 10.2. The molecule has 0 aliphatic rings. The summed E-state index contributed by atoms with van der Waals surface area (Å²) >= 11 is 5.84. The van der Waals surface area contributed by atoms with Gasteiger partial charge in [0, 0.05) is 10.6 Å². The van der Waals surface area contributed by atoms with Gasteiger partial charge >= 0.3 is 5.97 Å². The lowest BCUT2D eigenvalue weighted by atomic mass is 10.1. The van der Waals surface area contributed by atoms with E-state index in [9.17, 15) is 9.59 Å². The Hall–Kier alpha value is -1.61. The minimum Gasteiger partial charge on any atom is -0.466 e. The fourth-order valence-electron chi connectivity index (χ4n) is 1.31. The van der Waals surface area contributed by atoms with Crippen LogP contribution in [0.4, 0.5) is 0 Å². The molecule has 0 N–H and O–H groups in total. The minimum absolute atomic E-state index is 0.205. The maximum atomic E-state index is 11.1. The van der Waals surface area contributed by atoms with Gasteiger partial charge in [0.1, 0.15) is 6.29 Å². The summed E-state index contributed by atoms with van der Waals surface area (Å²) in [6.45, 7) is 2.13. The number of ether oxygens (including phenoxy) is 1. The van der Waals surface area contributed by atoms with E-state index >= 15 is 0 Å². The molecule has 1 aromatic rings. The first-order valence-electron chi connectivity index (χ1n) is 5.23. The molecule has 0 heterocycles. The normalized spacial score (nSPS) is 10.5. The second kappa shape index (κ2) is 6.86. The summed E-state index contributed by atoms with van der Waals surface area (Å²) < 4.78 is 4.78. The summed E-state index contributed by atoms with van der Waals surface area (Å²) in [6, 6.07) is 4.99. The molecule has 0 fully saturated rings. The largest absolute Gasteiger partial charge is 0.466 e. The monoisotopic (exact) mass is 252 g/mol. The van der Waals surface area contributed by atoms with E-state index in [2.05, 4.69) is 0 Å². The maximum absolute atomic E-state index is 11.1. The van der Waals surface area contributed by atoms with Gasteiger partial charge in [0.2, 0.25) is 0 Å². The van der Waals surface area contributed by atoms with Gasteiger partial charge in [0.15, 0.2) is 0 Å². The highest BCUT2D eigenvalue weighted by atomic mass is 35.5. The Morgan fingerprint density at radius 1 is 1.35 bits per heavy atom. The molecule has 0 amide bonds. The first-order valence-corrected chi connectivity index (χ1v) is 5.61. The molecule has 1 rings (SSSR count). The molecular formula is C13H13ClO3. The van der Waals surface area contributed by atoms with E-state index in [0.29, 0.717) is 17.2 Å². The summed E-state index contributed by atoms with van der Waals surface area (Å²) in [5, 5.41) is 0.491. The summed E-state index contributed by atoms with van der Waals surface area (Å²) in [6.07, 6.45) is 4.35. The van der Waals surface area contributed by atoms with Gasteiger partial charge in [0.05, 0.1) is 13.0 Å². The van der Waals surface area contributed by atoms with Gasteiger partial charge in [-0.2, -0.15) is 0 Å². The van der Waals surface area contributed by atoms with Crippen molar-refractivity contribution in [3.8, 4) is 0 Å². The third kappa shape index (κ3) is 4.83. The van der Waals surface area contributed by atoms with Gasteiger partial charge in [0.25, 0.3) is 0 Å². The van der Waals surface area contributed by atoms with Crippen LogP contribution in [0.3, 0.4) is 0 Å². The molecule has 0 spiro atoms. The predicted molar refractivity (Wildman–Crippen MR) is 67.1 cm³/mol. The van der Waals surface area contributed by atoms with Crippen molar-refractivity contribution in [3.63, 3.8) is 0 Å². The minimum atomic E-state index is -0.276. The molecule has 0 saturated carbocycles. The number of aldehydes is 1. The van der Waals surface area contributed by atoms with Crippen molar-refractivity contribution >= 4 is 29.9 Å². The van der Waals surface area contributed by atoms with E-state index in [-0.39, 0.29) is 12.4 Å². The molecule has 0 atom stereocenters. The van der Waals surface area contributed by atoms with Crippen LogP contribution in [-0.2, 0) is 9.53 Å². The van der Waals surface area contributed by atoms with E-state index in [1.54, 1.807) is 37.3 Å². The fraction of sp³-hybridized carbons (Fsp3) is 0.231. The van der Waals surface area contributed by atoms with E-state index in [0.717, 1.165) is 11.8 Å². The van der Waals surface area contributed by atoms with Crippen molar-refractivity contribution in [1.29, 1.82) is 0 Å². The van der Waals surface area contributed by atoms with Gasteiger partial charge in [-0.15, -0.1) is 0 Å². The van der Waals surface area contributed by atoms with Crippen LogP contribution < -0.4 is 0 Å². The highest BCUT2D eigenvalue weighted by Gasteiger charge is 1.98. The van der Waals surface area contributed by atoms with Crippen LogP contribution in [0.25, 0.3) is 6.08 Å². The number of hydrogen-bond donors (Lipinski definition) is 0. The molecule has 0 aliphatic carbocycles. The summed E-state index contributed by atoms with van der Waals surface area (Å²) in [7, 11) is 0. The van der Waals surface area contributed by atoms with Crippen LogP contribution in [0.5, 0.6) is 0 Å². The van der Waals surface area contributed by atoms with Gasteiger partial charge in [-0.05, 0) is 30.7 Å². The third-order valence-corrected chi connectivity index (χ3v) is 2.20. The van der Waals surface area contributed by atoms with Crippen LogP contribution >= 0.6 is 11.6 Å². The zero-order valence-electron chi connectivity index (χ0n) is 9.48. The first kappa shape index (κ1) is 13.5. The van der Waals surface area contributed by atoms with Crippen LogP contribution in [0, 0.1) is 0 Å². The van der Waals surface area contributed by atoms with Crippen LogP contribution in [0.2, 0.25) is 5.02 Å². The second-order valence-corrected chi connectivity index (χ2v) is 3.78. The zero-order chi connectivity index (χ0) is 12.7. The third-order valence-electron chi connectivity index (χ3n) is 1.98. The Morgan fingerprint density at radius 2 is 2.06 bits per heavy atom. The van der Waals surface area contributed by atoms with Gasteiger partial charge in [-0.1, -0.05) is 23.8 Å². The first-order chi connectivity index (χ1) is 8.15. The molecule has 17 heavy (non-hydrogen) atoms. The van der Waals surface area contributed by atoms with E-state index in [1.807, 2.05) is 0 Å². The Labute approximate surface area is 105 Å². The molecule has 0 aliphatic heterocycles. The Morgan fingerprint density at radius 3 is 2.71 bits per heavy atom. The van der Waals surface area contributed by atoms with Gasteiger partial charge < -0.3 is 4.74 Å². The van der Waals surface area contributed by atoms with Gasteiger partial charge in [-0.3, -0.25) is 9.59 Å². The highest BCUT2D eigenvalue weighted by Crippen LogP contribution is 2.15. The second-order valence-electron chi connectivity index (χ2n) is 3.35. The van der Waals surface area contributed by atoms with Crippen molar-refractivity contribution < 1.29 is 14.3 Å². The highest BCUT2D eigenvalue weighted by molar-refractivity contribution is 6.31. The number of halogens is 1. The van der Waals surface area contributed by atoms with Crippen molar-refractivity contribution in [1.82, 2.24) is 0 Å². The van der Waals surface area contributed by atoms with Crippen molar-refractivity contribution in [2.75, 3.05) is 6.61 Å². The average molecular weight is 253 g/mol. The van der Waals surface area contributed by atoms with E-state index < -0.39 is 0 Å². The SMILES string of the molecule is CCOC(=O)CC=Cc1cc(Cl)cc(C=O)c1. The number of esters is 1. The molecule has 3 nitrogen and oxygen atoms in total. The van der Waals surface area contributed by atoms with Crippen LogP contribution in [-0.4, -0.2) is 18.9 Å². The summed E-state index contributed by atoms with van der Waals surface area (Å²) in [4.78, 5) is 21.7. The molecular weight excluding hydrogens is 240 g/mol. The molecule has 1 aromatic carbocycles. The molecule has 0 radical (unpaired) electrons. The Bertz CT molecular complexity index is 438. The quantitative estimate of drug-likeness (QED) is 0.597. The van der Waals surface area contributed by atoms with E-state index in [1.165, 1.54) is 0 Å². The molecule has 4 heteroatoms. The summed E-state index contributed by atoms with van der Waals surface area (Å²) in [5.74, 6) is -0.276. The smallest absolute Gasteiger partial charge is 0.309 e. The number of hydrogen-bond acceptors (Lipinski definition) is 3. The maximum Gasteiger partial charge on any atom is 0.309 e.